The smallest absolute Gasteiger partial charge is 0.224 e. The predicted molar refractivity (Wildman–Crippen MR) is 99.5 cm³/mol. The van der Waals surface area contributed by atoms with Crippen molar-refractivity contribution in [3.8, 4) is 5.75 Å². The monoisotopic (exact) mass is 355 g/mol. The average Bonchev–Trinajstić information content (AvgIpc) is 2.58. The Morgan fingerprint density at radius 1 is 1.46 bits per heavy atom. The molecule has 0 aliphatic carbocycles. The van der Waals surface area contributed by atoms with Gasteiger partial charge in [0.05, 0.1) is 12.5 Å². The maximum absolute atomic E-state index is 12.1. The molecular formula is C18H30ClN3O2. The van der Waals surface area contributed by atoms with Crippen molar-refractivity contribution in [1.82, 2.24) is 10.2 Å². The van der Waals surface area contributed by atoms with Gasteiger partial charge in [-0.2, -0.15) is 0 Å². The van der Waals surface area contributed by atoms with Crippen molar-refractivity contribution in [1.29, 1.82) is 0 Å². The maximum Gasteiger partial charge on any atom is 0.224 e. The van der Waals surface area contributed by atoms with Crippen molar-refractivity contribution < 1.29 is 9.53 Å². The SMILES string of the molecule is CCCOc1cccc(CN2CCCC(C(=O)NCCN)C2)c1.Cl. The first-order valence-corrected chi connectivity index (χ1v) is 8.64. The van der Waals surface area contributed by atoms with Crippen molar-refractivity contribution in [3.05, 3.63) is 29.8 Å². The fourth-order valence-corrected chi connectivity index (χ4v) is 2.96. The number of rotatable bonds is 8. The number of ether oxygens (including phenoxy) is 1. The summed E-state index contributed by atoms with van der Waals surface area (Å²) in [5, 5.41) is 2.91. The average molecular weight is 356 g/mol. The zero-order chi connectivity index (χ0) is 16.5. The lowest BCUT2D eigenvalue weighted by atomic mass is 9.96. The van der Waals surface area contributed by atoms with Crippen LogP contribution in [0.4, 0.5) is 0 Å². The molecule has 0 bridgehead atoms. The first kappa shape index (κ1) is 20.7. The van der Waals surface area contributed by atoms with E-state index in [1.54, 1.807) is 0 Å². The second-order valence-corrected chi connectivity index (χ2v) is 6.15. The Morgan fingerprint density at radius 2 is 2.29 bits per heavy atom. The van der Waals surface area contributed by atoms with Gasteiger partial charge in [-0.3, -0.25) is 9.69 Å². The molecule has 0 saturated carbocycles. The topological polar surface area (TPSA) is 67.6 Å². The Kier molecular flexibility index (Phi) is 9.76. The molecule has 1 unspecified atom stereocenters. The molecule has 5 nitrogen and oxygen atoms in total. The summed E-state index contributed by atoms with van der Waals surface area (Å²) < 4.78 is 5.69. The van der Waals surface area contributed by atoms with Gasteiger partial charge in [0.25, 0.3) is 0 Å². The molecule has 1 aromatic carbocycles. The number of hydrogen-bond acceptors (Lipinski definition) is 4. The number of carbonyl (C=O) groups excluding carboxylic acids is 1. The summed E-state index contributed by atoms with van der Waals surface area (Å²) in [4.78, 5) is 14.5. The van der Waals surface area contributed by atoms with E-state index >= 15 is 0 Å². The van der Waals surface area contributed by atoms with Crippen LogP contribution in [0, 0.1) is 5.92 Å². The molecule has 24 heavy (non-hydrogen) atoms. The van der Waals surface area contributed by atoms with Gasteiger partial charge in [0.2, 0.25) is 5.91 Å². The largest absolute Gasteiger partial charge is 0.494 e. The second-order valence-electron chi connectivity index (χ2n) is 6.15. The quantitative estimate of drug-likeness (QED) is 0.750. The second kappa shape index (κ2) is 11.3. The maximum atomic E-state index is 12.1. The van der Waals surface area contributed by atoms with E-state index in [2.05, 4.69) is 29.3 Å². The van der Waals surface area contributed by atoms with Gasteiger partial charge < -0.3 is 15.8 Å². The Bertz CT molecular complexity index is 499. The van der Waals surface area contributed by atoms with E-state index in [9.17, 15) is 4.79 Å². The van der Waals surface area contributed by atoms with Crippen molar-refractivity contribution in [2.75, 3.05) is 32.8 Å². The van der Waals surface area contributed by atoms with Gasteiger partial charge in [-0.15, -0.1) is 12.4 Å². The molecule has 1 amide bonds. The molecule has 1 aliphatic rings. The van der Waals surface area contributed by atoms with Gasteiger partial charge in [-0.1, -0.05) is 19.1 Å². The van der Waals surface area contributed by atoms with Gasteiger partial charge in [0.15, 0.2) is 0 Å². The van der Waals surface area contributed by atoms with Crippen molar-refractivity contribution in [2.24, 2.45) is 11.7 Å². The van der Waals surface area contributed by atoms with Gasteiger partial charge in [-0.25, -0.2) is 0 Å². The Labute approximate surface area is 151 Å². The standard InChI is InChI=1S/C18H29N3O2.ClH/c1-2-11-23-17-7-3-5-15(12-17)13-21-10-4-6-16(14-21)18(22)20-9-8-19;/h3,5,7,12,16H,2,4,6,8-11,13-14,19H2,1H3,(H,20,22);1H. The van der Waals surface area contributed by atoms with Gasteiger partial charge in [0.1, 0.15) is 5.75 Å². The van der Waals surface area contributed by atoms with Crippen LogP contribution >= 0.6 is 12.4 Å². The van der Waals surface area contributed by atoms with Gasteiger partial charge in [-0.05, 0) is 43.5 Å². The van der Waals surface area contributed by atoms with Crippen LogP contribution in [0.3, 0.4) is 0 Å². The summed E-state index contributed by atoms with van der Waals surface area (Å²) in [5.74, 6) is 1.15. The number of nitrogens with zero attached hydrogens (tertiary/aromatic N) is 1. The van der Waals surface area contributed by atoms with Crippen LogP contribution in [0.1, 0.15) is 31.7 Å². The Morgan fingerprint density at radius 3 is 3.04 bits per heavy atom. The molecule has 1 aliphatic heterocycles. The number of nitrogens with two attached hydrogens (primary N) is 1. The third-order valence-corrected chi connectivity index (χ3v) is 4.10. The normalized spacial score (nSPS) is 17.8. The highest BCUT2D eigenvalue weighted by Gasteiger charge is 2.25. The number of benzene rings is 1. The molecule has 6 heteroatoms. The van der Waals surface area contributed by atoms with E-state index < -0.39 is 0 Å². The van der Waals surface area contributed by atoms with Crippen molar-refractivity contribution in [3.63, 3.8) is 0 Å². The van der Waals surface area contributed by atoms with Gasteiger partial charge >= 0.3 is 0 Å². The van der Waals surface area contributed by atoms with Crippen LogP contribution in [0.15, 0.2) is 24.3 Å². The molecule has 3 N–H and O–H groups in total. The lowest BCUT2D eigenvalue weighted by molar-refractivity contribution is -0.126. The minimum Gasteiger partial charge on any atom is -0.494 e. The summed E-state index contributed by atoms with van der Waals surface area (Å²) in [7, 11) is 0. The number of likely N-dealkylation sites (tertiary alicyclic amines) is 1. The van der Waals surface area contributed by atoms with Crippen LogP contribution in [0.25, 0.3) is 0 Å². The van der Waals surface area contributed by atoms with E-state index in [1.807, 2.05) is 12.1 Å². The number of piperidine rings is 1. The van der Waals surface area contributed by atoms with Crippen molar-refractivity contribution in [2.45, 2.75) is 32.7 Å². The Balaban J connectivity index is 0.00000288. The summed E-state index contributed by atoms with van der Waals surface area (Å²) in [5.41, 5.74) is 6.69. The summed E-state index contributed by atoms with van der Waals surface area (Å²) in [6.45, 7) is 6.63. The zero-order valence-corrected chi connectivity index (χ0v) is 15.3. The highest BCUT2D eigenvalue weighted by Crippen LogP contribution is 2.20. The third-order valence-electron chi connectivity index (χ3n) is 4.10. The van der Waals surface area contributed by atoms with Crippen LogP contribution in [-0.2, 0) is 11.3 Å². The summed E-state index contributed by atoms with van der Waals surface area (Å²) >= 11 is 0. The van der Waals surface area contributed by atoms with E-state index in [1.165, 1.54) is 5.56 Å². The molecule has 0 aromatic heterocycles. The van der Waals surface area contributed by atoms with Gasteiger partial charge in [0, 0.05) is 26.2 Å². The number of hydrogen-bond donors (Lipinski definition) is 2. The molecule has 2 rings (SSSR count). The van der Waals surface area contributed by atoms with Crippen LogP contribution in [0.5, 0.6) is 5.75 Å². The first-order chi connectivity index (χ1) is 11.2. The molecular weight excluding hydrogens is 326 g/mol. The number of amides is 1. The zero-order valence-electron chi connectivity index (χ0n) is 14.5. The highest BCUT2D eigenvalue weighted by molar-refractivity contribution is 5.85. The van der Waals surface area contributed by atoms with Crippen molar-refractivity contribution >= 4 is 18.3 Å². The number of halogens is 1. The lowest BCUT2D eigenvalue weighted by Crippen LogP contribution is -2.43. The minimum atomic E-state index is 0. The van der Waals surface area contributed by atoms with Crippen LogP contribution < -0.4 is 15.8 Å². The molecule has 0 spiro atoms. The molecule has 1 aromatic rings. The van der Waals surface area contributed by atoms with E-state index in [0.29, 0.717) is 13.1 Å². The predicted octanol–water partition coefficient (Wildman–Crippen LogP) is 2.18. The lowest BCUT2D eigenvalue weighted by Gasteiger charge is -2.32. The summed E-state index contributed by atoms with van der Waals surface area (Å²) in [6, 6.07) is 8.26. The number of nitrogens with one attached hydrogen (secondary N) is 1. The Hall–Kier alpha value is -1.30. The summed E-state index contributed by atoms with van der Waals surface area (Å²) in [6.07, 6.45) is 3.04. The van der Waals surface area contributed by atoms with E-state index in [-0.39, 0.29) is 24.2 Å². The fraction of sp³-hybridized carbons (Fsp3) is 0.611. The van der Waals surface area contributed by atoms with E-state index in [0.717, 1.165) is 51.3 Å². The first-order valence-electron chi connectivity index (χ1n) is 8.64. The fourth-order valence-electron chi connectivity index (χ4n) is 2.96. The molecule has 0 radical (unpaired) electrons. The third kappa shape index (κ3) is 6.67. The van der Waals surface area contributed by atoms with E-state index in [4.69, 9.17) is 10.5 Å². The highest BCUT2D eigenvalue weighted by atomic mass is 35.5. The molecule has 1 saturated heterocycles. The van der Waals surface area contributed by atoms with Crippen LogP contribution in [0.2, 0.25) is 0 Å². The molecule has 1 atom stereocenters. The number of carbonyl (C=O) groups is 1. The van der Waals surface area contributed by atoms with Crippen LogP contribution in [-0.4, -0.2) is 43.6 Å². The minimum absolute atomic E-state index is 0. The molecule has 1 fully saturated rings. The molecule has 1 heterocycles. The molecule has 136 valence electrons.